The Morgan fingerprint density at radius 3 is 2.28 bits per heavy atom. The fraction of sp³-hybridized carbons (Fsp3) is 1.00. The summed E-state index contributed by atoms with van der Waals surface area (Å²) in [5, 5.41) is 0. The van der Waals surface area contributed by atoms with Crippen molar-refractivity contribution >= 4 is 0 Å². The maximum atomic E-state index is 6.34. The van der Waals surface area contributed by atoms with Crippen LogP contribution in [0.1, 0.15) is 65.7 Å². The van der Waals surface area contributed by atoms with E-state index < -0.39 is 0 Å². The number of hydrogen-bond donors (Lipinski definition) is 1. The molecule has 2 aliphatic rings. The lowest BCUT2D eigenvalue weighted by Gasteiger charge is -2.38. The van der Waals surface area contributed by atoms with Gasteiger partial charge < -0.3 is 5.73 Å². The molecule has 1 aliphatic heterocycles. The summed E-state index contributed by atoms with van der Waals surface area (Å²) in [6.07, 6.45) is 9.44. The highest BCUT2D eigenvalue weighted by Crippen LogP contribution is 2.35. The Bertz CT molecular complexity index is 256. The molecule has 2 N–H and O–H groups in total. The van der Waals surface area contributed by atoms with Gasteiger partial charge in [0.05, 0.1) is 0 Å². The second-order valence-electron chi connectivity index (χ2n) is 7.55. The minimum Gasteiger partial charge on any atom is -0.326 e. The van der Waals surface area contributed by atoms with Crippen molar-refractivity contribution in [3.8, 4) is 0 Å². The van der Waals surface area contributed by atoms with Crippen LogP contribution in [0.4, 0.5) is 0 Å². The van der Waals surface area contributed by atoms with Gasteiger partial charge in [0.2, 0.25) is 0 Å². The van der Waals surface area contributed by atoms with Crippen LogP contribution in [0.5, 0.6) is 0 Å². The van der Waals surface area contributed by atoms with Crippen LogP contribution in [-0.4, -0.2) is 30.1 Å². The molecule has 2 fully saturated rings. The van der Waals surface area contributed by atoms with Crippen LogP contribution in [0.25, 0.3) is 0 Å². The van der Waals surface area contributed by atoms with Gasteiger partial charge in [0.25, 0.3) is 0 Å². The molecule has 0 aromatic rings. The Morgan fingerprint density at radius 2 is 1.61 bits per heavy atom. The van der Waals surface area contributed by atoms with Crippen molar-refractivity contribution in [3.05, 3.63) is 0 Å². The van der Waals surface area contributed by atoms with Gasteiger partial charge in [-0.3, -0.25) is 4.90 Å². The van der Waals surface area contributed by atoms with E-state index in [4.69, 9.17) is 5.73 Å². The first kappa shape index (κ1) is 14.3. The van der Waals surface area contributed by atoms with E-state index in [9.17, 15) is 0 Å². The number of nitrogens with two attached hydrogens (primary N) is 1. The van der Waals surface area contributed by atoms with Crippen LogP contribution in [0.3, 0.4) is 0 Å². The standard InChI is InChI=1S/C16H32N2/c1-16(2,3)13-7-6-11-18(12-10-13)15-9-5-4-8-14(15)17/h13-15H,4-12,17H2,1-3H3. The van der Waals surface area contributed by atoms with Crippen molar-refractivity contribution in [1.82, 2.24) is 4.90 Å². The van der Waals surface area contributed by atoms with Crippen molar-refractivity contribution in [1.29, 1.82) is 0 Å². The molecule has 2 heteroatoms. The molecule has 1 saturated heterocycles. The first-order valence-corrected chi connectivity index (χ1v) is 7.98. The van der Waals surface area contributed by atoms with Crippen molar-refractivity contribution in [2.24, 2.45) is 17.1 Å². The molecular formula is C16H32N2. The maximum Gasteiger partial charge on any atom is 0.0247 e. The molecule has 18 heavy (non-hydrogen) atoms. The average Bonchev–Trinajstić information content (AvgIpc) is 2.54. The SMILES string of the molecule is CC(C)(C)C1CCCN(C2CCCCC2N)CC1. The van der Waals surface area contributed by atoms with Crippen molar-refractivity contribution in [2.75, 3.05) is 13.1 Å². The van der Waals surface area contributed by atoms with Crippen LogP contribution in [0.2, 0.25) is 0 Å². The fourth-order valence-electron chi connectivity index (χ4n) is 3.91. The molecular weight excluding hydrogens is 220 g/mol. The molecule has 0 aromatic carbocycles. The Balaban J connectivity index is 1.92. The molecule has 0 bridgehead atoms. The van der Waals surface area contributed by atoms with Crippen LogP contribution in [0, 0.1) is 11.3 Å². The first-order valence-electron chi connectivity index (χ1n) is 7.98. The summed E-state index contributed by atoms with van der Waals surface area (Å²) in [4.78, 5) is 2.72. The molecule has 0 radical (unpaired) electrons. The molecule has 2 rings (SSSR count). The van der Waals surface area contributed by atoms with Gasteiger partial charge in [-0.1, -0.05) is 33.6 Å². The lowest BCUT2D eigenvalue weighted by Crippen LogP contribution is -2.50. The topological polar surface area (TPSA) is 29.3 Å². The Hall–Kier alpha value is -0.0800. The van der Waals surface area contributed by atoms with Gasteiger partial charge in [0, 0.05) is 12.1 Å². The number of nitrogens with zero attached hydrogens (tertiary/aromatic N) is 1. The zero-order valence-corrected chi connectivity index (χ0v) is 12.6. The van der Waals surface area contributed by atoms with E-state index in [-0.39, 0.29) is 0 Å². The molecule has 3 atom stereocenters. The van der Waals surface area contributed by atoms with E-state index in [1.165, 1.54) is 58.0 Å². The van der Waals surface area contributed by atoms with E-state index in [1.807, 2.05) is 0 Å². The number of rotatable bonds is 1. The van der Waals surface area contributed by atoms with Gasteiger partial charge in [-0.05, 0) is 56.5 Å². The zero-order valence-electron chi connectivity index (χ0n) is 12.6. The van der Waals surface area contributed by atoms with Crippen molar-refractivity contribution in [3.63, 3.8) is 0 Å². The average molecular weight is 252 g/mol. The predicted molar refractivity (Wildman–Crippen MR) is 78.6 cm³/mol. The second-order valence-corrected chi connectivity index (χ2v) is 7.55. The van der Waals surface area contributed by atoms with Gasteiger partial charge in [-0.15, -0.1) is 0 Å². The van der Waals surface area contributed by atoms with E-state index in [2.05, 4.69) is 25.7 Å². The highest BCUT2D eigenvalue weighted by molar-refractivity contribution is 4.88. The van der Waals surface area contributed by atoms with E-state index in [1.54, 1.807) is 0 Å². The molecule has 1 aliphatic carbocycles. The predicted octanol–water partition coefficient (Wildman–Crippen LogP) is 3.40. The first-order chi connectivity index (χ1) is 8.48. The minimum atomic E-state index is 0.435. The molecule has 0 aromatic heterocycles. The smallest absolute Gasteiger partial charge is 0.0247 e. The second kappa shape index (κ2) is 5.92. The lowest BCUT2D eigenvalue weighted by molar-refractivity contribution is 0.135. The highest BCUT2D eigenvalue weighted by atomic mass is 15.2. The highest BCUT2D eigenvalue weighted by Gasteiger charge is 2.32. The lowest BCUT2D eigenvalue weighted by atomic mass is 9.77. The van der Waals surface area contributed by atoms with E-state index in [0.29, 0.717) is 17.5 Å². The maximum absolute atomic E-state index is 6.34. The molecule has 1 heterocycles. The normalized spacial score (nSPS) is 36.3. The summed E-state index contributed by atoms with van der Waals surface area (Å²) in [6.45, 7) is 9.77. The largest absolute Gasteiger partial charge is 0.326 e. The molecule has 0 spiro atoms. The summed E-state index contributed by atoms with van der Waals surface area (Å²) in [5.41, 5.74) is 6.82. The Morgan fingerprint density at radius 1 is 0.889 bits per heavy atom. The van der Waals surface area contributed by atoms with E-state index in [0.717, 1.165) is 5.92 Å². The molecule has 0 amide bonds. The summed E-state index contributed by atoms with van der Waals surface area (Å²) >= 11 is 0. The van der Waals surface area contributed by atoms with Gasteiger partial charge >= 0.3 is 0 Å². The van der Waals surface area contributed by atoms with Crippen LogP contribution in [-0.2, 0) is 0 Å². The molecule has 2 nitrogen and oxygen atoms in total. The third-order valence-corrected chi connectivity index (χ3v) is 5.24. The van der Waals surface area contributed by atoms with Gasteiger partial charge in [-0.25, -0.2) is 0 Å². The van der Waals surface area contributed by atoms with Crippen molar-refractivity contribution < 1.29 is 0 Å². The zero-order chi connectivity index (χ0) is 13.2. The van der Waals surface area contributed by atoms with Gasteiger partial charge in [0.1, 0.15) is 0 Å². The number of likely N-dealkylation sites (tertiary alicyclic amines) is 1. The summed E-state index contributed by atoms with van der Waals surface area (Å²) in [6, 6.07) is 1.11. The van der Waals surface area contributed by atoms with Crippen LogP contribution < -0.4 is 5.73 Å². The van der Waals surface area contributed by atoms with Gasteiger partial charge in [-0.2, -0.15) is 0 Å². The third-order valence-electron chi connectivity index (χ3n) is 5.24. The molecule has 106 valence electrons. The summed E-state index contributed by atoms with van der Waals surface area (Å²) in [7, 11) is 0. The fourth-order valence-corrected chi connectivity index (χ4v) is 3.91. The molecule has 1 saturated carbocycles. The minimum absolute atomic E-state index is 0.435. The Kier molecular flexibility index (Phi) is 4.71. The monoisotopic (exact) mass is 252 g/mol. The van der Waals surface area contributed by atoms with Crippen LogP contribution >= 0.6 is 0 Å². The van der Waals surface area contributed by atoms with Gasteiger partial charge in [0.15, 0.2) is 0 Å². The Labute approximate surface area is 113 Å². The third kappa shape index (κ3) is 3.48. The van der Waals surface area contributed by atoms with Crippen molar-refractivity contribution in [2.45, 2.75) is 77.8 Å². The molecule has 3 unspecified atom stereocenters. The van der Waals surface area contributed by atoms with Crippen LogP contribution in [0.15, 0.2) is 0 Å². The number of hydrogen-bond acceptors (Lipinski definition) is 2. The van der Waals surface area contributed by atoms with E-state index >= 15 is 0 Å². The quantitative estimate of drug-likeness (QED) is 0.775. The summed E-state index contributed by atoms with van der Waals surface area (Å²) in [5.74, 6) is 0.891. The summed E-state index contributed by atoms with van der Waals surface area (Å²) < 4.78 is 0.